The van der Waals surface area contributed by atoms with Crippen molar-refractivity contribution in [1.82, 2.24) is 4.90 Å². The fourth-order valence-electron chi connectivity index (χ4n) is 1.48. The summed E-state index contributed by atoms with van der Waals surface area (Å²) in [7, 11) is 0.345. The summed E-state index contributed by atoms with van der Waals surface area (Å²) in [6, 6.07) is 0. The maximum atomic E-state index is 11.8. The van der Waals surface area contributed by atoms with Crippen LogP contribution in [0.5, 0.6) is 0 Å². The van der Waals surface area contributed by atoms with Crippen molar-refractivity contribution in [3.8, 4) is 0 Å². The minimum absolute atomic E-state index is 0.0208. The van der Waals surface area contributed by atoms with Crippen LogP contribution in [0.3, 0.4) is 0 Å². The monoisotopic (exact) mass is 380 g/mol. The zero-order valence-electron chi connectivity index (χ0n) is 9.94. The third kappa shape index (κ3) is 4.05. The molecule has 1 aliphatic heterocycles. The second kappa shape index (κ2) is 7.23. The molecule has 0 spiro atoms. The predicted octanol–water partition coefficient (Wildman–Crippen LogP) is 0.881. The van der Waals surface area contributed by atoms with Crippen LogP contribution in [0.1, 0.15) is 13.3 Å². The van der Waals surface area contributed by atoms with Crippen molar-refractivity contribution in [2.75, 3.05) is 13.2 Å². The van der Waals surface area contributed by atoms with Gasteiger partial charge in [0.2, 0.25) is 16.7 Å². The minimum atomic E-state index is -0.506. The van der Waals surface area contributed by atoms with E-state index in [1.54, 1.807) is 6.92 Å². The first kappa shape index (κ1) is 15.6. The van der Waals surface area contributed by atoms with E-state index in [4.69, 9.17) is 4.74 Å². The molecule has 1 fully saturated rings. The Morgan fingerprint density at radius 3 is 2.89 bits per heavy atom. The van der Waals surface area contributed by atoms with Gasteiger partial charge in [0.15, 0.2) is 0 Å². The predicted molar refractivity (Wildman–Crippen MR) is 79.0 cm³/mol. The van der Waals surface area contributed by atoms with E-state index in [-0.39, 0.29) is 37.0 Å². The van der Waals surface area contributed by atoms with E-state index >= 15 is 0 Å². The highest BCUT2D eigenvalue weighted by Crippen LogP contribution is 2.29. The number of esters is 1. The highest BCUT2D eigenvalue weighted by atomic mass is 127. The molecule has 5 nitrogen and oxygen atoms in total. The van der Waals surface area contributed by atoms with Gasteiger partial charge in [0.05, 0.1) is 12.2 Å². The number of hydrogen-bond donors (Lipinski definition) is 0. The Labute approximate surface area is 122 Å². The van der Waals surface area contributed by atoms with Crippen LogP contribution in [0.15, 0.2) is 12.2 Å². The summed E-state index contributed by atoms with van der Waals surface area (Å²) < 4.78 is 4.87. The van der Waals surface area contributed by atoms with Crippen LogP contribution >= 0.6 is 30.8 Å². The molecule has 18 heavy (non-hydrogen) atoms. The first-order chi connectivity index (χ1) is 8.47. The third-order valence-electron chi connectivity index (χ3n) is 2.40. The molecule has 97 valence electrons. The van der Waals surface area contributed by atoms with Gasteiger partial charge in [0.1, 0.15) is 6.61 Å². The summed E-state index contributed by atoms with van der Waals surface area (Å²) in [5, 5.41) is 0. The zero-order chi connectivity index (χ0) is 13.7. The number of hydrogen-bond acceptors (Lipinski definition) is 4. The maximum Gasteiger partial charge on any atom is 0.333 e. The molecular formula is C10H13BINO4P. The Morgan fingerprint density at radius 1 is 1.67 bits per heavy atom. The molecule has 0 aromatic rings. The smallest absolute Gasteiger partial charge is 0.333 e. The van der Waals surface area contributed by atoms with Gasteiger partial charge in [-0.05, 0) is 6.92 Å². The van der Waals surface area contributed by atoms with Crippen molar-refractivity contribution in [2.45, 2.75) is 19.0 Å². The lowest BCUT2D eigenvalue weighted by molar-refractivity contribution is -0.145. The summed E-state index contributed by atoms with van der Waals surface area (Å²) >= 11 is 2.07. The summed E-state index contributed by atoms with van der Waals surface area (Å²) in [5.41, 5.74) is 0.0687. The lowest BCUT2D eigenvalue weighted by atomic mass is 10.3. The second-order valence-corrected chi connectivity index (χ2v) is 6.95. The number of rotatable bonds is 6. The van der Waals surface area contributed by atoms with Gasteiger partial charge in [-0.3, -0.25) is 14.5 Å². The van der Waals surface area contributed by atoms with Crippen LogP contribution < -0.4 is 0 Å². The van der Waals surface area contributed by atoms with Crippen molar-refractivity contribution in [2.24, 2.45) is 0 Å². The first-order valence-electron chi connectivity index (χ1n) is 5.32. The van der Waals surface area contributed by atoms with Crippen LogP contribution in [0.2, 0.25) is 0 Å². The first-order valence-corrected chi connectivity index (χ1v) is 7.72. The number of ether oxygens (including phenoxy) is 1. The van der Waals surface area contributed by atoms with Crippen molar-refractivity contribution in [3.05, 3.63) is 12.2 Å². The molecule has 1 saturated heterocycles. The van der Waals surface area contributed by atoms with Gasteiger partial charge in [0, 0.05) is 12.0 Å². The van der Waals surface area contributed by atoms with Gasteiger partial charge in [-0.2, -0.15) is 22.4 Å². The molecule has 2 unspecified atom stereocenters. The van der Waals surface area contributed by atoms with Gasteiger partial charge in [-0.25, -0.2) is 4.79 Å². The average molecular weight is 380 g/mol. The Balaban J connectivity index is 2.43. The Bertz CT molecular complexity index is 390. The topological polar surface area (TPSA) is 63.7 Å². The van der Waals surface area contributed by atoms with E-state index in [0.29, 0.717) is 14.0 Å². The number of carbonyl (C=O) groups is 3. The van der Waals surface area contributed by atoms with E-state index in [1.807, 2.05) is 4.86 Å². The van der Waals surface area contributed by atoms with Gasteiger partial charge >= 0.3 is 5.97 Å². The van der Waals surface area contributed by atoms with Crippen LogP contribution in [-0.2, 0) is 19.1 Å². The number of nitrogens with zero attached hydrogens (tertiary/aromatic N) is 1. The number of likely N-dealkylation sites (tertiary alicyclic amines) is 1. The summed E-state index contributed by atoms with van der Waals surface area (Å²) in [6.45, 7) is 5.13. The third-order valence-corrected chi connectivity index (χ3v) is 4.46. The van der Waals surface area contributed by atoms with Crippen LogP contribution in [0.25, 0.3) is 0 Å². The van der Waals surface area contributed by atoms with Crippen LogP contribution in [0.4, 0.5) is 0 Å². The molecule has 8 heteroatoms. The van der Waals surface area contributed by atoms with Gasteiger partial charge in [-0.1, -0.05) is 6.58 Å². The largest absolute Gasteiger partial charge is 0.460 e. The molecule has 0 N–H and O–H groups in total. The normalized spacial score (nSPS) is 19.7. The van der Waals surface area contributed by atoms with Gasteiger partial charge < -0.3 is 4.74 Å². The molecule has 0 aromatic carbocycles. The lowest BCUT2D eigenvalue weighted by Crippen LogP contribution is -2.34. The molecule has 0 saturated carbocycles. The van der Waals surface area contributed by atoms with Gasteiger partial charge in [-0.15, -0.1) is 8.46 Å². The number of carbonyl (C=O) groups excluding carboxylic acids is 3. The molecule has 2 amide bonds. The summed E-state index contributed by atoms with van der Waals surface area (Å²) in [6.07, 6.45) is 0.255. The zero-order valence-corrected chi connectivity index (χ0v) is 13.1. The molecular weight excluding hydrogens is 367 g/mol. The average Bonchev–Trinajstić information content (AvgIpc) is 2.56. The molecule has 2 atom stereocenters. The minimum Gasteiger partial charge on any atom is -0.460 e. The Kier molecular flexibility index (Phi) is 6.28. The molecule has 1 heterocycles. The van der Waals surface area contributed by atoms with E-state index in [9.17, 15) is 14.4 Å². The SMILES string of the molecule is C=C(C)C(=O)OCCN1C(=O)CC(P[B]I)C1=O. The Morgan fingerprint density at radius 2 is 2.33 bits per heavy atom. The van der Waals surface area contributed by atoms with Crippen LogP contribution in [-0.4, -0.2) is 46.3 Å². The van der Waals surface area contributed by atoms with E-state index in [2.05, 4.69) is 29.0 Å². The molecule has 1 aliphatic rings. The van der Waals surface area contributed by atoms with E-state index < -0.39 is 5.97 Å². The van der Waals surface area contributed by atoms with Crippen molar-refractivity contribution < 1.29 is 19.1 Å². The number of amides is 2. The lowest BCUT2D eigenvalue weighted by Gasteiger charge is -2.14. The second-order valence-electron chi connectivity index (χ2n) is 3.83. The molecule has 1 radical (unpaired) electrons. The highest BCUT2D eigenvalue weighted by molar-refractivity contribution is 14.1. The number of halogens is 1. The molecule has 1 rings (SSSR count). The van der Waals surface area contributed by atoms with Gasteiger partial charge in [0.25, 0.3) is 0 Å². The van der Waals surface area contributed by atoms with E-state index in [0.717, 1.165) is 0 Å². The molecule has 0 bridgehead atoms. The standard InChI is InChI=1S/C10H13BINO4P/c1-6(2)10(16)17-4-3-13-8(14)5-7(9(13)15)18-11-12/h7,18H,1,3-5H2,2H3. The number of imide groups is 1. The maximum absolute atomic E-state index is 11.8. The fraction of sp³-hybridized carbons (Fsp3) is 0.500. The Hall–Kier alpha value is -0.425. The summed E-state index contributed by atoms with van der Waals surface area (Å²) in [5.74, 6) is -0.868. The van der Waals surface area contributed by atoms with Crippen molar-refractivity contribution in [1.29, 1.82) is 0 Å². The quantitative estimate of drug-likeness (QED) is 0.172. The fourth-order valence-corrected chi connectivity index (χ4v) is 3.52. The van der Waals surface area contributed by atoms with E-state index in [1.165, 1.54) is 4.90 Å². The van der Waals surface area contributed by atoms with Crippen LogP contribution in [0, 0.1) is 0 Å². The highest BCUT2D eigenvalue weighted by Gasteiger charge is 2.37. The van der Waals surface area contributed by atoms with Crippen molar-refractivity contribution in [3.63, 3.8) is 0 Å². The summed E-state index contributed by atoms with van der Waals surface area (Å²) in [4.78, 5) is 37.6. The molecule has 0 aliphatic carbocycles. The van der Waals surface area contributed by atoms with Crippen molar-refractivity contribution >= 4 is 53.5 Å². The molecule has 0 aromatic heterocycles.